The molecule has 18 heavy (non-hydrogen) atoms. The van der Waals surface area contributed by atoms with E-state index in [0.717, 1.165) is 0 Å². The van der Waals surface area contributed by atoms with E-state index in [1.807, 2.05) is 0 Å². The highest BCUT2D eigenvalue weighted by molar-refractivity contribution is 5.85. The Labute approximate surface area is 107 Å². The molecule has 0 spiro atoms. The molecule has 1 atom stereocenters. The Bertz CT molecular complexity index is 383. The van der Waals surface area contributed by atoms with Crippen molar-refractivity contribution < 1.29 is 19.4 Å². The third-order valence-corrected chi connectivity index (χ3v) is 2.98. The highest BCUT2D eigenvalue weighted by Crippen LogP contribution is 2.35. The number of rotatable bonds is 1. The number of carboxylic acid groups (broad SMARTS) is 1. The van der Waals surface area contributed by atoms with Gasteiger partial charge in [0.25, 0.3) is 0 Å². The van der Waals surface area contributed by atoms with Gasteiger partial charge in [0.1, 0.15) is 11.1 Å². The van der Waals surface area contributed by atoms with Crippen LogP contribution in [0.15, 0.2) is 12.3 Å². The maximum Gasteiger partial charge on any atom is 0.415 e. The quantitative estimate of drug-likeness (QED) is 0.782. The number of amides is 1. The summed E-state index contributed by atoms with van der Waals surface area (Å²) in [5.74, 6) is -1.03. The van der Waals surface area contributed by atoms with Gasteiger partial charge in [0.05, 0.1) is 0 Å². The van der Waals surface area contributed by atoms with Gasteiger partial charge < -0.3 is 9.84 Å². The van der Waals surface area contributed by atoms with Crippen LogP contribution >= 0.6 is 0 Å². The van der Waals surface area contributed by atoms with Crippen LogP contribution in [0.25, 0.3) is 0 Å². The van der Waals surface area contributed by atoms with E-state index in [1.54, 1.807) is 20.8 Å². The van der Waals surface area contributed by atoms with Crippen molar-refractivity contribution >= 4 is 12.1 Å². The summed E-state index contributed by atoms with van der Waals surface area (Å²) in [6, 6.07) is 0. The number of carbonyl (C=O) groups is 2. The largest absolute Gasteiger partial charge is 0.479 e. The zero-order valence-corrected chi connectivity index (χ0v) is 11.4. The molecule has 0 aromatic heterocycles. The van der Waals surface area contributed by atoms with Crippen LogP contribution in [0.5, 0.6) is 0 Å². The van der Waals surface area contributed by atoms with Crippen LogP contribution in [0.3, 0.4) is 0 Å². The maximum atomic E-state index is 12.1. The molecule has 0 unspecified atom stereocenters. The Hall–Kier alpha value is -1.52. The summed E-state index contributed by atoms with van der Waals surface area (Å²) < 4.78 is 5.26. The van der Waals surface area contributed by atoms with Crippen molar-refractivity contribution in [3.8, 4) is 0 Å². The summed E-state index contributed by atoms with van der Waals surface area (Å²) in [5.41, 5.74) is -1.42. The lowest BCUT2D eigenvalue weighted by Gasteiger charge is -2.42. The van der Waals surface area contributed by atoms with Gasteiger partial charge in [-0.05, 0) is 47.0 Å². The van der Waals surface area contributed by atoms with Crippen LogP contribution in [0.1, 0.15) is 47.0 Å². The number of piperidine rings is 1. The number of carboxylic acids is 1. The first-order chi connectivity index (χ1) is 8.08. The topological polar surface area (TPSA) is 66.8 Å². The predicted molar refractivity (Wildman–Crippen MR) is 67.1 cm³/mol. The molecule has 1 saturated heterocycles. The molecule has 0 saturated carbocycles. The highest BCUT2D eigenvalue weighted by Gasteiger charge is 2.47. The fourth-order valence-electron chi connectivity index (χ4n) is 2.05. The SMILES string of the molecule is C=C1CCC[C@@](C)(C(=O)O)N1C(=O)OC(C)(C)C. The average molecular weight is 255 g/mol. The van der Waals surface area contributed by atoms with Crippen molar-refractivity contribution in [2.24, 2.45) is 0 Å². The fraction of sp³-hybridized carbons (Fsp3) is 0.692. The van der Waals surface area contributed by atoms with E-state index >= 15 is 0 Å². The molecule has 5 nitrogen and oxygen atoms in total. The average Bonchev–Trinajstić information content (AvgIpc) is 2.13. The second kappa shape index (κ2) is 4.63. The second-order valence-corrected chi connectivity index (χ2v) is 5.81. The van der Waals surface area contributed by atoms with Crippen LogP contribution in [-0.2, 0) is 9.53 Å². The van der Waals surface area contributed by atoms with E-state index in [1.165, 1.54) is 11.8 Å². The molecular formula is C13H21NO4. The first-order valence-corrected chi connectivity index (χ1v) is 6.02. The Balaban J connectivity index is 3.03. The summed E-state index contributed by atoms with van der Waals surface area (Å²) in [4.78, 5) is 24.7. The summed E-state index contributed by atoms with van der Waals surface area (Å²) in [6.07, 6.45) is 1.08. The van der Waals surface area contributed by atoms with Gasteiger partial charge in [-0.3, -0.25) is 4.90 Å². The standard InChI is InChI=1S/C13H21NO4/c1-9-7-6-8-13(5,10(15)16)14(9)11(17)18-12(2,3)4/h1,6-8H2,2-5H3,(H,15,16)/t13-/m0/s1. The van der Waals surface area contributed by atoms with Gasteiger partial charge in [-0.25, -0.2) is 9.59 Å². The summed E-state index contributed by atoms with van der Waals surface area (Å²) in [6.45, 7) is 10.6. The molecule has 0 radical (unpaired) electrons. The van der Waals surface area contributed by atoms with Gasteiger partial charge >= 0.3 is 12.1 Å². The number of ether oxygens (including phenoxy) is 1. The van der Waals surface area contributed by atoms with E-state index in [0.29, 0.717) is 25.0 Å². The molecule has 1 heterocycles. The minimum absolute atomic E-state index is 0.403. The minimum atomic E-state index is -1.27. The van der Waals surface area contributed by atoms with E-state index in [9.17, 15) is 14.7 Å². The number of allylic oxidation sites excluding steroid dienone is 1. The number of nitrogens with zero attached hydrogens (tertiary/aromatic N) is 1. The Kier molecular flexibility index (Phi) is 3.74. The lowest BCUT2D eigenvalue weighted by atomic mass is 9.87. The van der Waals surface area contributed by atoms with E-state index < -0.39 is 23.2 Å². The molecule has 5 heteroatoms. The van der Waals surface area contributed by atoms with Crippen LogP contribution < -0.4 is 0 Å². The van der Waals surface area contributed by atoms with Gasteiger partial charge in [-0.2, -0.15) is 0 Å². The van der Waals surface area contributed by atoms with Gasteiger partial charge in [0.2, 0.25) is 0 Å². The van der Waals surface area contributed by atoms with E-state index in [2.05, 4.69) is 6.58 Å². The maximum absolute atomic E-state index is 12.1. The molecule has 0 aromatic carbocycles. The third-order valence-electron chi connectivity index (χ3n) is 2.98. The zero-order chi connectivity index (χ0) is 14.1. The number of aliphatic carboxylic acids is 1. The van der Waals surface area contributed by atoms with Crippen molar-refractivity contribution in [1.29, 1.82) is 0 Å². The lowest BCUT2D eigenvalue weighted by molar-refractivity contribution is -0.150. The molecule has 1 amide bonds. The molecule has 102 valence electrons. The van der Waals surface area contributed by atoms with Crippen LogP contribution in [-0.4, -0.2) is 33.2 Å². The number of carbonyl (C=O) groups excluding carboxylic acids is 1. The summed E-state index contributed by atoms with van der Waals surface area (Å²) in [5, 5.41) is 9.34. The predicted octanol–water partition coefficient (Wildman–Crippen LogP) is 2.76. The van der Waals surface area contributed by atoms with Crippen molar-refractivity contribution in [3.63, 3.8) is 0 Å². The molecule has 1 fully saturated rings. The normalized spacial score (nSPS) is 24.9. The first-order valence-electron chi connectivity index (χ1n) is 6.02. The third kappa shape index (κ3) is 2.83. The minimum Gasteiger partial charge on any atom is -0.479 e. The number of hydrogen-bond donors (Lipinski definition) is 1. The molecule has 1 aliphatic heterocycles. The van der Waals surface area contributed by atoms with E-state index in [-0.39, 0.29) is 0 Å². The second-order valence-electron chi connectivity index (χ2n) is 5.81. The van der Waals surface area contributed by atoms with Crippen molar-refractivity contribution in [1.82, 2.24) is 4.90 Å². The molecular weight excluding hydrogens is 234 g/mol. The Morgan fingerprint density at radius 3 is 2.44 bits per heavy atom. The Morgan fingerprint density at radius 1 is 1.44 bits per heavy atom. The van der Waals surface area contributed by atoms with Gasteiger partial charge in [0.15, 0.2) is 0 Å². The Morgan fingerprint density at radius 2 is 2.00 bits per heavy atom. The van der Waals surface area contributed by atoms with Gasteiger partial charge in [0, 0.05) is 5.70 Å². The van der Waals surface area contributed by atoms with Crippen LogP contribution in [0, 0.1) is 0 Å². The molecule has 0 aromatic rings. The molecule has 0 aliphatic carbocycles. The zero-order valence-electron chi connectivity index (χ0n) is 11.4. The van der Waals surface area contributed by atoms with Gasteiger partial charge in [-0.15, -0.1) is 0 Å². The highest BCUT2D eigenvalue weighted by atomic mass is 16.6. The molecule has 0 bridgehead atoms. The number of hydrogen-bond acceptors (Lipinski definition) is 3. The summed E-state index contributed by atoms with van der Waals surface area (Å²) >= 11 is 0. The van der Waals surface area contributed by atoms with E-state index in [4.69, 9.17) is 4.74 Å². The van der Waals surface area contributed by atoms with Crippen LogP contribution in [0.2, 0.25) is 0 Å². The lowest BCUT2D eigenvalue weighted by Crippen LogP contribution is -2.57. The molecule has 1 rings (SSSR count). The monoisotopic (exact) mass is 255 g/mol. The first kappa shape index (κ1) is 14.5. The van der Waals surface area contributed by atoms with Crippen molar-refractivity contribution in [2.45, 2.75) is 58.1 Å². The summed E-state index contributed by atoms with van der Waals surface area (Å²) in [7, 11) is 0. The molecule has 1 N–H and O–H groups in total. The van der Waals surface area contributed by atoms with Crippen LogP contribution in [0.4, 0.5) is 4.79 Å². The van der Waals surface area contributed by atoms with Crippen molar-refractivity contribution in [3.05, 3.63) is 12.3 Å². The van der Waals surface area contributed by atoms with Crippen molar-refractivity contribution in [2.75, 3.05) is 0 Å². The number of likely N-dealkylation sites (tertiary alicyclic amines) is 1. The smallest absolute Gasteiger partial charge is 0.415 e. The van der Waals surface area contributed by atoms with Gasteiger partial charge in [-0.1, -0.05) is 6.58 Å². The molecule has 1 aliphatic rings. The fourth-order valence-corrected chi connectivity index (χ4v) is 2.05.